The molecule has 0 spiro atoms. The summed E-state index contributed by atoms with van der Waals surface area (Å²) >= 11 is 0. The molecule has 3 rings (SSSR count). The van der Waals surface area contributed by atoms with Crippen molar-refractivity contribution >= 4 is 17.5 Å². The van der Waals surface area contributed by atoms with Crippen LogP contribution in [0, 0.1) is 0 Å². The van der Waals surface area contributed by atoms with Crippen molar-refractivity contribution in [2.45, 2.75) is 0 Å². The van der Waals surface area contributed by atoms with E-state index in [4.69, 9.17) is 10.5 Å². The van der Waals surface area contributed by atoms with Gasteiger partial charge in [0.25, 0.3) is 11.8 Å². The maximum Gasteiger partial charge on any atom is 0.263 e. The van der Waals surface area contributed by atoms with Crippen LogP contribution < -0.4 is 10.5 Å². The Balaban J connectivity index is 1.66. The molecule has 0 saturated heterocycles. The predicted molar refractivity (Wildman–Crippen MR) is 76.0 cm³/mol. The molecule has 6 heteroatoms. The van der Waals surface area contributed by atoms with Crippen LogP contribution >= 0.6 is 0 Å². The fourth-order valence-electron chi connectivity index (χ4n) is 2.20. The zero-order chi connectivity index (χ0) is 14.8. The number of nitrogen functional groups attached to an aromatic ring is 1. The van der Waals surface area contributed by atoms with Crippen molar-refractivity contribution in [3.05, 3.63) is 53.9 Å². The number of nitrogens with two attached hydrogens (primary N) is 1. The number of anilines is 1. The summed E-state index contributed by atoms with van der Waals surface area (Å²) in [6.07, 6.45) is 2.90. The first-order valence-corrected chi connectivity index (χ1v) is 6.46. The van der Waals surface area contributed by atoms with Crippen molar-refractivity contribution in [3.8, 4) is 5.75 Å². The molecule has 21 heavy (non-hydrogen) atoms. The topological polar surface area (TPSA) is 85.5 Å². The van der Waals surface area contributed by atoms with Gasteiger partial charge in [0.05, 0.1) is 23.4 Å². The Morgan fingerprint density at radius 3 is 2.62 bits per heavy atom. The third-order valence-electron chi connectivity index (χ3n) is 3.26. The summed E-state index contributed by atoms with van der Waals surface area (Å²) in [4.78, 5) is 29.2. The summed E-state index contributed by atoms with van der Waals surface area (Å²) in [5.74, 6) is -0.120. The number of carbonyl (C=O) groups is 2. The minimum Gasteiger partial charge on any atom is -0.490 e. The van der Waals surface area contributed by atoms with Crippen LogP contribution in [0.25, 0.3) is 0 Å². The first kappa shape index (κ1) is 13.1. The van der Waals surface area contributed by atoms with E-state index in [1.165, 1.54) is 12.4 Å². The Labute approximate surface area is 121 Å². The zero-order valence-corrected chi connectivity index (χ0v) is 11.2. The molecule has 0 radical (unpaired) electrons. The maximum atomic E-state index is 12.1. The van der Waals surface area contributed by atoms with Gasteiger partial charge in [-0.15, -0.1) is 0 Å². The summed E-state index contributed by atoms with van der Waals surface area (Å²) < 4.78 is 5.51. The van der Waals surface area contributed by atoms with Gasteiger partial charge >= 0.3 is 0 Å². The number of carbonyl (C=O) groups excluding carboxylic acids is 2. The van der Waals surface area contributed by atoms with Crippen molar-refractivity contribution in [1.29, 1.82) is 0 Å². The number of amides is 2. The molecule has 2 aromatic rings. The van der Waals surface area contributed by atoms with Crippen LogP contribution in [-0.4, -0.2) is 34.8 Å². The van der Waals surface area contributed by atoms with Gasteiger partial charge in [-0.25, -0.2) is 0 Å². The Bertz CT molecular complexity index is 680. The fourth-order valence-corrected chi connectivity index (χ4v) is 2.20. The number of aromatic nitrogens is 1. The van der Waals surface area contributed by atoms with E-state index < -0.39 is 0 Å². The molecule has 0 atom stereocenters. The van der Waals surface area contributed by atoms with Gasteiger partial charge in [0, 0.05) is 12.4 Å². The van der Waals surface area contributed by atoms with Crippen molar-refractivity contribution in [2.75, 3.05) is 18.9 Å². The van der Waals surface area contributed by atoms with Gasteiger partial charge in [0.1, 0.15) is 12.4 Å². The summed E-state index contributed by atoms with van der Waals surface area (Å²) in [5.41, 5.74) is 6.99. The highest BCUT2D eigenvalue weighted by atomic mass is 16.5. The quantitative estimate of drug-likeness (QED) is 0.676. The minimum absolute atomic E-state index is 0.167. The van der Waals surface area contributed by atoms with Gasteiger partial charge < -0.3 is 10.5 Å². The summed E-state index contributed by atoms with van der Waals surface area (Å²) in [6, 6.07) is 8.62. The van der Waals surface area contributed by atoms with Gasteiger partial charge in [-0.2, -0.15) is 0 Å². The summed E-state index contributed by atoms with van der Waals surface area (Å²) in [5, 5.41) is 0. The van der Waals surface area contributed by atoms with Gasteiger partial charge in [-0.1, -0.05) is 12.1 Å². The monoisotopic (exact) mass is 283 g/mol. The summed E-state index contributed by atoms with van der Waals surface area (Å²) in [7, 11) is 0. The molecular weight excluding hydrogens is 270 g/mol. The number of hydrogen-bond donors (Lipinski definition) is 1. The fraction of sp³-hybridized carbons (Fsp3) is 0.133. The van der Waals surface area contributed by atoms with E-state index in [-0.39, 0.29) is 25.0 Å². The molecule has 6 nitrogen and oxygen atoms in total. The molecular formula is C15H13N3O3. The lowest BCUT2D eigenvalue weighted by Crippen LogP contribution is -2.33. The average molecular weight is 283 g/mol. The SMILES string of the molecule is Nc1ccccc1OCCN1C(=O)c2ccncc2C1=O. The van der Waals surface area contributed by atoms with Crippen molar-refractivity contribution in [2.24, 2.45) is 0 Å². The number of para-hydroxylation sites is 2. The number of imide groups is 1. The van der Waals surface area contributed by atoms with E-state index in [0.717, 1.165) is 4.90 Å². The van der Waals surface area contributed by atoms with Crippen molar-refractivity contribution < 1.29 is 14.3 Å². The highest BCUT2D eigenvalue weighted by Crippen LogP contribution is 2.22. The molecule has 0 bridgehead atoms. The second-order valence-electron chi connectivity index (χ2n) is 4.57. The highest BCUT2D eigenvalue weighted by Gasteiger charge is 2.35. The summed E-state index contributed by atoms with van der Waals surface area (Å²) in [6.45, 7) is 0.355. The minimum atomic E-state index is -0.340. The Morgan fingerprint density at radius 2 is 1.86 bits per heavy atom. The van der Waals surface area contributed by atoms with Crippen LogP contribution in [0.1, 0.15) is 20.7 Å². The Kier molecular flexibility index (Phi) is 3.27. The van der Waals surface area contributed by atoms with Crippen LogP contribution in [0.5, 0.6) is 5.75 Å². The van der Waals surface area contributed by atoms with Gasteiger partial charge in [0.15, 0.2) is 0 Å². The second-order valence-corrected chi connectivity index (χ2v) is 4.57. The van der Waals surface area contributed by atoms with Crippen LogP contribution in [0.4, 0.5) is 5.69 Å². The first-order valence-electron chi connectivity index (χ1n) is 6.46. The lowest BCUT2D eigenvalue weighted by molar-refractivity contribution is 0.0631. The number of nitrogens with zero attached hydrogens (tertiary/aromatic N) is 2. The standard InChI is InChI=1S/C15H13N3O3/c16-12-3-1-2-4-13(12)21-8-7-18-14(19)10-5-6-17-9-11(10)15(18)20/h1-6,9H,7-8,16H2. The maximum absolute atomic E-state index is 12.1. The average Bonchev–Trinajstić information content (AvgIpc) is 2.74. The number of rotatable bonds is 4. The van der Waals surface area contributed by atoms with Crippen LogP contribution in [0.3, 0.4) is 0 Å². The molecule has 106 valence electrons. The molecule has 2 heterocycles. The Hall–Kier alpha value is -2.89. The van der Waals surface area contributed by atoms with Crippen molar-refractivity contribution in [3.63, 3.8) is 0 Å². The van der Waals surface area contributed by atoms with E-state index in [1.807, 2.05) is 0 Å². The molecule has 1 aromatic carbocycles. The molecule has 2 amide bonds. The number of ether oxygens (including phenoxy) is 1. The number of pyridine rings is 1. The predicted octanol–water partition coefficient (Wildman–Crippen LogP) is 1.34. The zero-order valence-electron chi connectivity index (χ0n) is 11.2. The second kappa shape index (κ2) is 5.24. The van der Waals surface area contributed by atoms with Gasteiger partial charge in [0.2, 0.25) is 0 Å². The molecule has 0 saturated carbocycles. The molecule has 1 aliphatic rings. The lowest BCUT2D eigenvalue weighted by Gasteiger charge is -2.15. The molecule has 0 unspecified atom stereocenters. The molecule has 2 N–H and O–H groups in total. The molecule has 1 aliphatic heterocycles. The van der Waals surface area contributed by atoms with E-state index in [9.17, 15) is 9.59 Å². The number of fused-ring (bicyclic) bond motifs is 1. The van der Waals surface area contributed by atoms with E-state index in [2.05, 4.69) is 4.98 Å². The third kappa shape index (κ3) is 2.31. The Morgan fingerprint density at radius 1 is 1.10 bits per heavy atom. The number of benzene rings is 1. The van der Waals surface area contributed by atoms with E-state index >= 15 is 0 Å². The normalized spacial score (nSPS) is 13.4. The largest absolute Gasteiger partial charge is 0.490 e. The van der Waals surface area contributed by atoms with Crippen LogP contribution in [-0.2, 0) is 0 Å². The van der Waals surface area contributed by atoms with E-state index in [1.54, 1.807) is 30.3 Å². The van der Waals surface area contributed by atoms with Crippen LogP contribution in [0.15, 0.2) is 42.7 Å². The lowest BCUT2D eigenvalue weighted by atomic mass is 10.2. The van der Waals surface area contributed by atoms with Gasteiger partial charge in [-0.3, -0.25) is 19.5 Å². The van der Waals surface area contributed by atoms with E-state index in [0.29, 0.717) is 22.6 Å². The first-order chi connectivity index (χ1) is 10.2. The van der Waals surface area contributed by atoms with Crippen molar-refractivity contribution in [1.82, 2.24) is 9.88 Å². The molecule has 0 aliphatic carbocycles. The molecule has 0 fully saturated rings. The van der Waals surface area contributed by atoms with Crippen LogP contribution in [0.2, 0.25) is 0 Å². The highest BCUT2D eigenvalue weighted by molar-refractivity contribution is 6.21. The third-order valence-corrected chi connectivity index (χ3v) is 3.26. The number of hydrogen-bond acceptors (Lipinski definition) is 5. The van der Waals surface area contributed by atoms with Gasteiger partial charge in [-0.05, 0) is 18.2 Å². The smallest absolute Gasteiger partial charge is 0.263 e. The molecule has 1 aromatic heterocycles.